The highest BCUT2D eigenvalue weighted by Crippen LogP contribution is 2.27. The van der Waals surface area contributed by atoms with Gasteiger partial charge in [0.2, 0.25) is 0 Å². The maximum Gasteiger partial charge on any atom is 0.335 e. The number of carboxylic acid groups (broad SMARTS) is 1. The van der Waals surface area contributed by atoms with E-state index in [9.17, 15) is 9.59 Å². The smallest absolute Gasteiger partial charge is 0.335 e. The predicted octanol–water partition coefficient (Wildman–Crippen LogP) is 3.22. The van der Waals surface area contributed by atoms with E-state index in [4.69, 9.17) is 9.84 Å². The van der Waals surface area contributed by atoms with Crippen molar-refractivity contribution in [2.75, 3.05) is 0 Å². The Morgan fingerprint density at radius 3 is 2.43 bits per heavy atom. The Hall–Kier alpha value is -1.56. The summed E-state index contributed by atoms with van der Waals surface area (Å²) in [7, 11) is 0. The SMILES string of the molecule is CCC(CC)NC(=O)C(C)Oc1ccc(C(=O)O)cc1Br. The van der Waals surface area contributed by atoms with Crippen LogP contribution in [0.3, 0.4) is 0 Å². The molecular formula is C15H20BrNO4. The number of hydrogen-bond acceptors (Lipinski definition) is 3. The molecule has 6 heteroatoms. The van der Waals surface area contributed by atoms with Gasteiger partial charge in [-0.3, -0.25) is 4.79 Å². The monoisotopic (exact) mass is 357 g/mol. The molecule has 0 saturated carbocycles. The summed E-state index contributed by atoms with van der Waals surface area (Å²) in [6, 6.07) is 4.56. The lowest BCUT2D eigenvalue weighted by molar-refractivity contribution is -0.128. The highest BCUT2D eigenvalue weighted by molar-refractivity contribution is 9.10. The van der Waals surface area contributed by atoms with Gasteiger partial charge in [0.05, 0.1) is 10.0 Å². The van der Waals surface area contributed by atoms with Gasteiger partial charge in [-0.25, -0.2) is 4.79 Å². The van der Waals surface area contributed by atoms with Gasteiger partial charge in [0.1, 0.15) is 5.75 Å². The van der Waals surface area contributed by atoms with Crippen LogP contribution in [-0.4, -0.2) is 29.1 Å². The van der Waals surface area contributed by atoms with Crippen molar-refractivity contribution < 1.29 is 19.4 Å². The van der Waals surface area contributed by atoms with E-state index in [1.54, 1.807) is 6.92 Å². The molecule has 0 bridgehead atoms. The van der Waals surface area contributed by atoms with Crippen LogP contribution in [0.15, 0.2) is 22.7 Å². The molecule has 1 aromatic rings. The van der Waals surface area contributed by atoms with Crippen molar-refractivity contribution in [1.29, 1.82) is 0 Å². The zero-order valence-corrected chi connectivity index (χ0v) is 13.9. The predicted molar refractivity (Wildman–Crippen MR) is 83.7 cm³/mol. The Bertz CT molecular complexity index is 514. The number of carbonyl (C=O) groups excluding carboxylic acids is 1. The van der Waals surface area contributed by atoms with Crippen molar-refractivity contribution in [2.45, 2.75) is 45.8 Å². The second-order valence-electron chi connectivity index (χ2n) is 4.73. The van der Waals surface area contributed by atoms with Crippen LogP contribution in [0.5, 0.6) is 5.75 Å². The number of nitrogens with one attached hydrogen (secondary N) is 1. The lowest BCUT2D eigenvalue weighted by Gasteiger charge is -2.20. The van der Waals surface area contributed by atoms with Gasteiger partial charge < -0.3 is 15.2 Å². The molecule has 0 aliphatic rings. The molecular weight excluding hydrogens is 338 g/mol. The number of aromatic carboxylic acids is 1. The fourth-order valence-corrected chi connectivity index (χ4v) is 2.26. The summed E-state index contributed by atoms with van der Waals surface area (Å²) in [5.41, 5.74) is 0.156. The molecule has 0 saturated heterocycles. The maximum absolute atomic E-state index is 12.0. The van der Waals surface area contributed by atoms with E-state index in [-0.39, 0.29) is 17.5 Å². The van der Waals surface area contributed by atoms with Crippen molar-refractivity contribution in [1.82, 2.24) is 5.32 Å². The van der Waals surface area contributed by atoms with Gasteiger partial charge in [0.15, 0.2) is 6.10 Å². The second-order valence-corrected chi connectivity index (χ2v) is 5.59. The number of amides is 1. The Balaban J connectivity index is 2.72. The largest absolute Gasteiger partial charge is 0.480 e. The summed E-state index contributed by atoms with van der Waals surface area (Å²) in [5.74, 6) is -0.758. The first-order valence-electron chi connectivity index (χ1n) is 6.88. The molecule has 0 aromatic heterocycles. The number of carbonyl (C=O) groups is 2. The lowest BCUT2D eigenvalue weighted by atomic mass is 10.1. The van der Waals surface area contributed by atoms with Gasteiger partial charge in [-0.05, 0) is 53.9 Å². The van der Waals surface area contributed by atoms with Crippen LogP contribution in [0.1, 0.15) is 44.0 Å². The van der Waals surface area contributed by atoms with Crippen molar-refractivity contribution in [3.63, 3.8) is 0 Å². The van der Waals surface area contributed by atoms with Crippen LogP contribution in [0.25, 0.3) is 0 Å². The Morgan fingerprint density at radius 2 is 1.95 bits per heavy atom. The van der Waals surface area contributed by atoms with Crippen molar-refractivity contribution in [3.8, 4) is 5.75 Å². The second kappa shape index (κ2) is 8.02. The molecule has 1 rings (SSSR count). The number of halogens is 1. The number of ether oxygens (including phenoxy) is 1. The fraction of sp³-hybridized carbons (Fsp3) is 0.467. The summed E-state index contributed by atoms with van der Waals surface area (Å²) >= 11 is 3.25. The molecule has 2 N–H and O–H groups in total. The Kier molecular flexibility index (Phi) is 6.68. The summed E-state index contributed by atoms with van der Waals surface area (Å²) in [4.78, 5) is 22.9. The van der Waals surface area contributed by atoms with Crippen LogP contribution in [0.2, 0.25) is 0 Å². The van der Waals surface area contributed by atoms with E-state index in [1.807, 2.05) is 13.8 Å². The minimum Gasteiger partial charge on any atom is -0.480 e. The Morgan fingerprint density at radius 1 is 1.33 bits per heavy atom. The summed E-state index contributed by atoms with van der Waals surface area (Å²) in [6.45, 7) is 5.69. The van der Waals surface area contributed by atoms with E-state index in [0.29, 0.717) is 10.2 Å². The fourth-order valence-electron chi connectivity index (χ4n) is 1.78. The average molecular weight is 358 g/mol. The quantitative estimate of drug-likeness (QED) is 0.785. The molecule has 0 spiro atoms. The molecule has 0 radical (unpaired) electrons. The van der Waals surface area contributed by atoms with Gasteiger partial charge in [-0.2, -0.15) is 0 Å². The molecule has 1 amide bonds. The zero-order chi connectivity index (χ0) is 16.0. The molecule has 1 aromatic carbocycles. The first-order chi connectivity index (χ1) is 9.88. The van der Waals surface area contributed by atoms with E-state index in [1.165, 1.54) is 18.2 Å². The third-order valence-corrected chi connectivity index (χ3v) is 3.80. The van der Waals surface area contributed by atoms with Crippen LogP contribution in [0, 0.1) is 0 Å². The molecule has 0 aliphatic heterocycles. The minimum absolute atomic E-state index is 0.140. The van der Waals surface area contributed by atoms with Gasteiger partial charge in [-0.15, -0.1) is 0 Å². The molecule has 116 valence electrons. The zero-order valence-electron chi connectivity index (χ0n) is 12.4. The number of hydrogen-bond donors (Lipinski definition) is 2. The highest BCUT2D eigenvalue weighted by Gasteiger charge is 2.18. The highest BCUT2D eigenvalue weighted by atomic mass is 79.9. The van der Waals surface area contributed by atoms with Crippen molar-refractivity contribution in [2.24, 2.45) is 0 Å². The van der Waals surface area contributed by atoms with Gasteiger partial charge in [0.25, 0.3) is 5.91 Å². The van der Waals surface area contributed by atoms with Crippen molar-refractivity contribution >= 4 is 27.8 Å². The third kappa shape index (κ3) is 5.04. The first kappa shape index (κ1) is 17.5. The summed E-state index contributed by atoms with van der Waals surface area (Å²) < 4.78 is 6.08. The third-order valence-electron chi connectivity index (χ3n) is 3.18. The molecule has 5 nitrogen and oxygen atoms in total. The minimum atomic E-state index is -1.01. The molecule has 0 aliphatic carbocycles. The van der Waals surface area contributed by atoms with Crippen LogP contribution >= 0.6 is 15.9 Å². The van der Waals surface area contributed by atoms with E-state index in [2.05, 4.69) is 21.2 Å². The molecule has 0 heterocycles. The van der Waals surface area contributed by atoms with Crippen LogP contribution in [-0.2, 0) is 4.79 Å². The van der Waals surface area contributed by atoms with E-state index in [0.717, 1.165) is 12.8 Å². The lowest BCUT2D eigenvalue weighted by Crippen LogP contribution is -2.42. The van der Waals surface area contributed by atoms with E-state index < -0.39 is 12.1 Å². The van der Waals surface area contributed by atoms with E-state index >= 15 is 0 Å². The van der Waals surface area contributed by atoms with Crippen LogP contribution in [0.4, 0.5) is 0 Å². The summed E-state index contributed by atoms with van der Waals surface area (Å²) in [6.07, 6.45) is 1.08. The van der Waals surface area contributed by atoms with Gasteiger partial charge in [-0.1, -0.05) is 13.8 Å². The Labute approximate surface area is 132 Å². The normalized spacial score (nSPS) is 12.0. The molecule has 21 heavy (non-hydrogen) atoms. The molecule has 1 atom stereocenters. The molecule has 1 unspecified atom stereocenters. The number of benzene rings is 1. The maximum atomic E-state index is 12.0. The standard InChI is InChI=1S/C15H20BrNO4/c1-4-11(5-2)17-14(18)9(3)21-13-7-6-10(15(19)20)8-12(13)16/h6-9,11H,4-5H2,1-3H3,(H,17,18)(H,19,20). The molecule has 0 fully saturated rings. The first-order valence-corrected chi connectivity index (χ1v) is 7.68. The van der Waals surface area contributed by atoms with Gasteiger partial charge >= 0.3 is 5.97 Å². The topological polar surface area (TPSA) is 75.6 Å². The number of rotatable bonds is 7. The van der Waals surface area contributed by atoms with Crippen LogP contribution < -0.4 is 10.1 Å². The number of carboxylic acids is 1. The van der Waals surface area contributed by atoms with Crippen molar-refractivity contribution in [3.05, 3.63) is 28.2 Å². The average Bonchev–Trinajstić information content (AvgIpc) is 2.46. The van der Waals surface area contributed by atoms with Gasteiger partial charge in [0, 0.05) is 6.04 Å². The summed E-state index contributed by atoms with van der Waals surface area (Å²) in [5, 5.41) is 11.8.